The van der Waals surface area contributed by atoms with E-state index in [-0.39, 0.29) is 5.91 Å². The van der Waals surface area contributed by atoms with Crippen molar-refractivity contribution in [2.45, 2.75) is 19.1 Å². The molecule has 0 saturated carbocycles. The zero-order valence-electron chi connectivity index (χ0n) is 13.9. The Kier molecular flexibility index (Phi) is 3.96. The lowest BCUT2D eigenvalue weighted by molar-refractivity contribution is 0.0664. The van der Waals surface area contributed by atoms with Gasteiger partial charge >= 0.3 is 0 Å². The zero-order chi connectivity index (χ0) is 16.7. The molecule has 24 heavy (non-hydrogen) atoms. The number of piperazine rings is 1. The highest BCUT2D eigenvalue weighted by Gasteiger charge is 2.28. The summed E-state index contributed by atoms with van der Waals surface area (Å²) in [5.74, 6) is 0.317. The van der Waals surface area contributed by atoms with Crippen LogP contribution in [-0.2, 0) is 0 Å². The molecular weight excluding hydrogens is 324 g/mol. The third kappa shape index (κ3) is 2.88. The van der Waals surface area contributed by atoms with E-state index in [9.17, 15) is 4.79 Å². The van der Waals surface area contributed by atoms with E-state index in [0.29, 0.717) is 29.7 Å². The molecule has 2 aliphatic heterocycles. The van der Waals surface area contributed by atoms with Crippen LogP contribution in [0.5, 0.6) is 0 Å². The van der Waals surface area contributed by atoms with E-state index >= 15 is 0 Å². The van der Waals surface area contributed by atoms with Gasteiger partial charge in [-0.2, -0.15) is 0 Å². The van der Waals surface area contributed by atoms with Crippen molar-refractivity contribution in [1.82, 2.24) is 14.8 Å². The Bertz CT molecular complexity index is 808. The second kappa shape index (κ2) is 6.12. The minimum absolute atomic E-state index is 0.0558. The normalized spacial score (nSPS) is 21.4. The number of hydrogen-bond acceptors (Lipinski definition) is 6. The van der Waals surface area contributed by atoms with E-state index in [1.165, 1.54) is 0 Å². The lowest BCUT2D eigenvalue weighted by atomic mass is 10.3. The van der Waals surface area contributed by atoms with Crippen LogP contribution in [0.3, 0.4) is 0 Å². The van der Waals surface area contributed by atoms with Crippen molar-refractivity contribution in [2.24, 2.45) is 4.99 Å². The molecule has 0 aliphatic carbocycles. The summed E-state index contributed by atoms with van der Waals surface area (Å²) in [6, 6.07) is 5.50. The summed E-state index contributed by atoms with van der Waals surface area (Å²) in [4.78, 5) is 25.8. The zero-order valence-corrected chi connectivity index (χ0v) is 14.7. The smallest absolute Gasteiger partial charge is 0.289 e. The SMILES string of the molecule is Cc1ccc2oc(C(=O)N3CCN(C4=NCC(C)S4)CC3)cc2n1. The molecule has 1 fully saturated rings. The first kappa shape index (κ1) is 15.5. The molecule has 2 aliphatic rings. The number of rotatable bonds is 1. The lowest BCUT2D eigenvalue weighted by Gasteiger charge is -2.35. The quantitative estimate of drug-likeness (QED) is 0.795. The molecule has 0 bridgehead atoms. The molecule has 0 N–H and O–H groups in total. The van der Waals surface area contributed by atoms with Crippen molar-refractivity contribution in [3.63, 3.8) is 0 Å². The maximum Gasteiger partial charge on any atom is 0.289 e. The number of furan rings is 1. The molecule has 7 heteroatoms. The number of fused-ring (bicyclic) bond motifs is 1. The van der Waals surface area contributed by atoms with Crippen LogP contribution in [0.4, 0.5) is 0 Å². The Labute approximate surface area is 144 Å². The Hall–Kier alpha value is -2.02. The monoisotopic (exact) mass is 344 g/mol. The van der Waals surface area contributed by atoms with E-state index in [2.05, 4.69) is 21.8 Å². The molecule has 1 saturated heterocycles. The second-order valence-corrected chi connectivity index (χ2v) is 7.68. The summed E-state index contributed by atoms with van der Waals surface area (Å²) < 4.78 is 5.68. The van der Waals surface area contributed by atoms with Gasteiger partial charge in [0.1, 0.15) is 5.52 Å². The van der Waals surface area contributed by atoms with Crippen molar-refractivity contribution in [2.75, 3.05) is 32.7 Å². The number of aryl methyl sites for hydroxylation is 1. The average molecular weight is 344 g/mol. The van der Waals surface area contributed by atoms with Crippen molar-refractivity contribution in [1.29, 1.82) is 0 Å². The van der Waals surface area contributed by atoms with Gasteiger partial charge in [-0.3, -0.25) is 9.79 Å². The minimum Gasteiger partial charge on any atom is -0.449 e. The highest BCUT2D eigenvalue weighted by atomic mass is 32.2. The van der Waals surface area contributed by atoms with Gasteiger partial charge < -0.3 is 14.2 Å². The number of pyridine rings is 1. The van der Waals surface area contributed by atoms with Crippen LogP contribution in [0.15, 0.2) is 27.6 Å². The molecule has 2 aromatic rings. The van der Waals surface area contributed by atoms with Gasteiger partial charge in [-0.25, -0.2) is 4.98 Å². The van der Waals surface area contributed by atoms with Crippen LogP contribution in [0.25, 0.3) is 11.1 Å². The number of amides is 1. The highest BCUT2D eigenvalue weighted by molar-refractivity contribution is 8.14. The number of amidine groups is 1. The van der Waals surface area contributed by atoms with Crippen LogP contribution in [0, 0.1) is 6.92 Å². The maximum absolute atomic E-state index is 12.7. The van der Waals surface area contributed by atoms with E-state index in [0.717, 1.165) is 36.0 Å². The fraction of sp³-hybridized carbons (Fsp3) is 0.471. The van der Waals surface area contributed by atoms with Crippen molar-refractivity contribution in [3.05, 3.63) is 29.7 Å². The molecule has 0 radical (unpaired) electrons. The first-order valence-electron chi connectivity index (χ1n) is 8.23. The summed E-state index contributed by atoms with van der Waals surface area (Å²) >= 11 is 1.83. The van der Waals surface area contributed by atoms with Gasteiger partial charge in [0.25, 0.3) is 5.91 Å². The van der Waals surface area contributed by atoms with Crippen LogP contribution >= 0.6 is 11.8 Å². The summed E-state index contributed by atoms with van der Waals surface area (Å²) in [6.45, 7) is 8.04. The number of carbonyl (C=O) groups is 1. The topological polar surface area (TPSA) is 61.9 Å². The predicted octanol–water partition coefficient (Wildman–Crippen LogP) is 2.39. The number of aliphatic imine (C=N–C) groups is 1. The fourth-order valence-corrected chi connectivity index (χ4v) is 4.01. The Morgan fingerprint density at radius 3 is 2.79 bits per heavy atom. The molecule has 2 aromatic heterocycles. The number of aromatic nitrogens is 1. The summed E-state index contributed by atoms with van der Waals surface area (Å²) in [5.41, 5.74) is 2.32. The molecule has 0 spiro atoms. The summed E-state index contributed by atoms with van der Waals surface area (Å²) in [7, 11) is 0. The van der Waals surface area contributed by atoms with E-state index in [1.54, 1.807) is 6.07 Å². The third-order valence-corrected chi connectivity index (χ3v) is 5.50. The van der Waals surface area contributed by atoms with E-state index < -0.39 is 0 Å². The first-order valence-corrected chi connectivity index (χ1v) is 9.10. The van der Waals surface area contributed by atoms with Gasteiger partial charge in [-0.1, -0.05) is 18.7 Å². The number of thioether (sulfide) groups is 1. The van der Waals surface area contributed by atoms with Gasteiger partial charge in [0.2, 0.25) is 0 Å². The predicted molar refractivity (Wildman–Crippen MR) is 95.6 cm³/mol. The van der Waals surface area contributed by atoms with Gasteiger partial charge in [0, 0.05) is 43.2 Å². The van der Waals surface area contributed by atoms with Gasteiger partial charge in [0.05, 0.1) is 6.54 Å². The molecule has 1 unspecified atom stereocenters. The van der Waals surface area contributed by atoms with Crippen LogP contribution < -0.4 is 0 Å². The Morgan fingerprint density at radius 1 is 1.29 bits per heavy atom. The Balaban J connectivity index is 1.43. The number of carbonyl (C=O) groups excluding carboxylic acids is 1. The molecule has 0 aromatic carbocycles. The molecule has 4 heterocycles. The van der Waals surface area contributed by atoms with E-state index in [4.69, 9.17) is 4.42 Å². The largest absolute Gasteiger partial charge is 0.449 e. The molecule has 6 nitrogen and oxygen atoms in total. The molecule has 126 valence electrons. The van der Waals surface area contributed by atoms with Gasteiger partial charge in [0.15, 0.2) is 16.5 Å². The number of hydrogen-bond donors (Lipinski definition) is 0. The van der Waals surface area contributed by atoms with Crippen LogP contribution in [-0.4, -0.2) is 63.8 Å². The lowest BCUT2D eigenvalue weighted by Crippen LogP contribution is -2.49. The molecule has 1 amide bonds. The van der Waals surface area contributed by atoms with E-state index in [1.807, 2.05) is 35.7 Å². The van der Waals surface area contributed by atoms with Gasteiger partial charge in [-0.15, -0.1) is 0 Å². The average Bonchev–Trinajstić information content (AvgIpc) is 3.20. The first-order chi connectivity index (χ1) is 11.6. The minimum atomic E-state index is -0.0558. The van der Waals surface area contributed by atoms with Crippen LogP contribution in [0.2, 0.25) is 0 Å². The summed E-state index contributed by atoms with van der Waals surface area (Å²) in [6.07, 6.45) is 0. The van der Waals surface area contributed by atoms with Crippen molar-refractivity contribution in [3.8, 4) is 0 Å². The second-order valence-electron chi connectivity index (χ2n) is 6.28. The van der Waals surface area contributed by atoms with Crippen molar-refractivity contribution < 1.29 is 9.21 Å². The molecule has 4 rings (SSSR count). The standard InChI is InChI=1S/C17H20N4O2S/c1-11-3-4-14-13(19-11)9-15(23-14)16(22)20-5-7-21(8-6-20)17-18-10-12(2)24-17/h3-4,9,12H,5-8,10H2,1-2H3. The third-order valence-electron chi connectivity index (χ3n) is 4.35. The van der Waals surface area contributed by atoms with Gasteiger partial charge in [-0.05, 0) is 19.1 Å². The number of nitrogens with zero attached hydrogens (tertiary/aromatic N) is 4. The summed E-state index contributed by atoms with van der Waals surface area (Å²) in [5, 5.41) is 1.68. The fourth-order valence-electron chi connectivity index (χ4n) is 3.02. The Morgan fingerprint density at radius 2 is 2.08 bits per heavy atom. The van der Waals surface area contributed by atoms with Crippen LogP contribution in [0.1, 0.15) is 23.2 Å². The van der Waals surface area contributed by atoms with Crippen molar-refractivity contribution >= 4 is 33.9 Å². The molecular formula is C17H20N4O2S. The highest BCUT2D eigenvalue weighted by Crippen LogP contribution is 2.24. The molecule has 1 atom stereocenters. The maximum atomic E-state index is 12.7.